The van der Waals surface area contributed by atoms with Crippen LogP contribution in [0.25, 0.3) is 11.0 Å². The van der Waals surface area contributed by atoms with Gasteiger partial charge in [0.05, 0.1) is 11.4 Å². The van der Waals surface area contributed by atoms with Gasteiger partial charge in [-0.2, -0.15) is 0 Å². The predicted octanol–water partition coefficient (Wildman–Crippen LogP) is 5.27. The first-order valence-corrected chi connectivity index (χ1v) is 11.7. The molecule has 4 rings (SSSR count). The van der Waals surface area contributed by atoms with Crippen LogP contribution in [0.1, 0.15) is 59.5 Å². The van der Waals surface area contributed by atoms with E-state index in [9.17, 15) is 9.59 Å². The molecule has 1 aliphatic heterocycles. The number of halogens is 1. The molecular formula is C26H29ClN2O3. The Kier molecular flexibility index (Phi) is 6.97. The fraction of sp³-hybridized carbons (Fsp3) is 0.385. The normalized spacial score (nSPS) is 15.6. The number of piperidine rings is 1. The molecule has 6 heteroatoms. The van der Waals surface area contributed by atoms with E-state index in [2.05, 4.69) is 41.4 Å². The van der Waals surface area contributed by atoms with Crippen molar-refractivity contribution in [2.75, 3.05) is 19.6 Å². The summed E-state index contributed by atoms with van der Waals surface area (Å²) in [6, 6.07) is 13.2. The van der Waals surface area contributed by atoms with Crippen LogP contribution in [0.2, 0.25) is 5.02 Å². The van der Waals surface area contributed by atoms with Gasteiger partial charge in [-0.15, -0.1) is 0 Å². The smallest absolute Gasteiger partial charge is 0.287 e. The summed E-state index contributed by atoms with van der Waals surface area (Å²) >= 11 is 6.13. The molecule has 5 nitrogen and oxygen atoms in total. The third-order valence-electron chi connectivity index (χ3n) is 6.29. The number of fused-ring (bicyclic) bond motifs is 1. The van der Waals surface area contributed by atoms with Gasteiger partial charge >= 0.3 is 0 Å². The van der Waals surface area contributed by atoms with Crippen LogP contribution in [0.15, 0.2) is 51.7 Å². The second kappa shape index (κ2) is 9.88. The number of benzene rings is 2. The number of amides is 1. The summed E-state index contributed by atoms with van der Waals surface area (Å²) < 4.78 is 5.77. The van der Waals surface area contributed by atoms with Crippen LogP contribution in [-0.4, -0.2) is 30.4 Å². The number of likely N-dealkylation sites (tertiary alicyclic amines) is 1. The Morgan fingerprint density at radius 3 is 2.53 bits per heavy atom. The molecule has 1 unspecified atom stereocenters. The maximum Gasteiger partial charge on any atom is 0.287 e. The van der Waals surface area contributed by atoms with Crippen LogP contribution in [0.3, 0.4) is 0 Å². The Balaban J connectivity index is 1.56. The molecular weight excluding hydrogens is 424 g/mol. The van der Waals surface area contributed by atoms with Gasteiger partial charge in [-0.25, -0.2) is 0 Å². The Morgan fingerprint density at radius 1 is 1.12 bits per heavy atom. The van der Waals surface area contributed by atoms with Gasteiger partial charge in [0, 0.05) is 17.6 Å². The number of hydrogen-bond donors (Lipinski definition) is 1. The summed E-state index contributed by atoms with van der Waals surface area (Å²) in [6.45, 7) is 6.46. The Bertz CT molecular complexity index is 1160. The maximum absolute atomic E-state index is 12.9. The maximum atomic E-state index is 12.9. The van der Waals surface area contributed by atoms with E-state index < -0.39 is 0 Å². The van der Waals surface area contributed by atoms with Crippen LogP contribution < -0.4 is 10.7 Å². The topological polar surface area (TPSA) is 62.6 Å². The lowest BCUT2D eigenvalue weighted by Gasteiger charge is -2.35. The molecule has 168 valence electrons. The fourth-order valence-corrected chi connectivity index (χ4v) is 4.49. The third-order valence-corrected chi connectivity index (χ3v) is 6.70. The van der Waals surface area contributed by atoms with Crippen molar-refractivity contribution >= 4 is 28.5 Å². The zero-order chi connectivity index (χ0) is 22.7. The molecule has 1 saturated heterocycles. The van der Waals surface area contributed by atoms with E-state index in [1.807, 2.05) is 6.92 Å². The molecule has 1 aliphatic rings. The van der Waals surface area contributed by atoms with Crippen LogP contribution >= 0.6 is 11.6 Å². The van der Waals surface area contributed by atoms with E-state index >= 15 is 0 Å². The van der Waals surface area contributed by atoms with Crippen molar-refractivity contribution in [2.45, 2.75) is 45.6 Å². The summed E-state index contributed by atoms with van der Waals surface area (Å²) in [7, 11) is 0. The second-order valence-corrected chi connectivity index (χ2v) is 8.90. The molecule has 0 saturated carbocycles. The lowest BCUT2D eigenvalue weighted by atomic mass is 9.99. The van der Waals surface area contributed by atoms with Crippen molar-refractivity contribution in [1.82, 2.24) is 10.2 Å². The highest BCUT2D eigenvalue weighted by molar-refractivity contribution is 6.32. The zero-order valence-electron chi connectivity index (χ0n) is 18.6. The minimum absolute atomic E-state index is 0.0166. The highest BCUT2D eigenvalue weighted by Crippen LogP contribution is 2.25. The van der Waals surface area contributed by atoms with E-state index in [1.54, 1.807) is 12.1 Å². The van der Waals surface area contributed by atoms with E-state index in [0.29, 0.717) is 22.5 Å². The molecule has 0 radical (unpaired) electrons. The van der Waals surface area contributed by atoms with E-state index in [-0.39, 0.29) is 23.1 Å². The van der Waals surface area contributed by atoms with Crippen molar-refractivity contribution in [3.63, 3.8) is 0 Å². The molecule has 2 heterocycles. The number of nitrogens with one attached hydrogen (secondary N) is 1. The number of nitrogens with zero attached hydrogens (tertiary/aromatic N) is 1. The van der Waals surface area contributed by atoms with Crippen molar-refractivity contribution in [2.24, 2.45) is 0 Å². The summed E-state index contributed by atoms with van der Waals surface area (Å²) in [6.07, 6.45) is 4.57. The van der Waals surface area contributed by atoms with Crippen LogP contribution in [0.4, 0.5) is 0 Å². The molecule has 1 fully saturated rings. The second-order valence-electron chi connectivity index (χ2n) is 8.49. The van der Waals surface area contributed by atoms with Crippen LogP contribution in [0, 0.1) is 6.92 Å². The van der Waals surface area contributed by atoms with E-state index in [0.717, 1.165) is 25.1 Å². The average molecular weight is 453 g/mol. The Morgan fingerprint density at radius 2 is 1.84 bits per heavy atom. The van der Waals surface area contributed by atoms with Gasteiger partial charge in [-0.1, -0.05) is 49.2 Å². The number of carbonyl (C=O) groups excluding carboxylic acids is 1. The quantitative estimate of drug-likeness (QED) is 0.553. The lowest BCUT2D eigenvalue weighted by Crippen LogP contribution is -2.40. The molecule has 1 atom stereocenters. The van der Waals surface area contributed by atoms with E-state index in [1.165, 1.54) is 36.5 Å². The minimum Gasteiger partial charge on any atom is -0.451 e. The van der Waals surface area contributed by atoms with E-state index in [4.69, 9.17) is 16.0 Å². The van der Waals surface area contributed by atoms with Crippen molar-refractivity contribution < 1.29 is 9.21 Å². The first-order chi connectivity index (χ1) is 15.5. The summed E-state index contributed by atoms with van der Waals surface area (Å²) in [5, 5.41) is 3.88. The molecule has 3 aromatic rings. The predicted molar refractivity (Wildman–Crippen MR) is 129 cm³/mol. The van der Waals surface area contributed by atoms with Crippen LogP contribution in [0.5, 0.6) is 0 Å². The van der Waals surface area contributed by atoms with Crippen molar-refractivity contribution in [3.05, 3.63) is 80.2 Å². The molecule has 2 aromatic carbocycles. The van der Waals surface area contributed by atoms with Gasteiger partial charge < -0.3 is 9.73 Å². The number of rotatable bonds is 6. The first kappa shape index (κ1) is 22.6. The van der Waals surface area contributed by atoms with Crippen molar-refractivity contribution in [3.8, 4) is 0 Å². The van der Waals surface area contributed by atoms with Crippen molar-refractivity contribution in [1.29, 1.82) is 0 Å². The lowest BCUT2D eigenvalue weighted by molar-refractivity contribution is 0.0897. The zero-order valence-corrected chi connectivity index (χ0v) is 19.4. The molecule has 0 aliphatic carbocycles. The molecule has 1 amide bonds. The Hall–Kier alpha value is -2.63. The monoisotopic (exact) mass is 452 g/mol. The highest BCUT2D eigenvalue weighted by atomic mass is 35.5. The van der Waals surface area contributed by atoms with Gasteiger partial charge in [-0.05, 0) is 68.1 Å². The SMILES string of the molecule is CCc1ccc(C(CNC(=O)c2cc(=O)c3cc(Cl)c(C)cc3o2)N2CCCCC2)cc1. The van der Waals surface area contributed by atoms with Gasteiger partial charge in [0.25, 0.3) is 5.91 Å². The van der Waals surface area contributed by atoms with Crippen LogP contribution in [-0.2, 0) is 6.42 Å². The minimum atomic E-state index is -0.385. The fourth-order valence-electron chi connectivity index (χ4n) is 4.33. The molecule has 1 aromatic heterocycles. The Labute approximate surface area is 193 Å². The van der Waals surface area contributed by atoms with Gasteiger partial charge in [-0.3, -0.25) is 14.5 Å². The van der Waals surface area contributed by atoms with Gasteiger partial charge in [0.1, 0.15) is 5.58 Å². The number of hydrogen-bond acceptors (Lipinski definition) is 4. The molecule has 0 spiro atoms. The largest absolute Gasteiger partial charge is 0.451 e. The standard InChI is InChI=1S/C26H29ClN2O3/c1-3-18-7-9-19(10-8-18)22(29-11-5-4-6-12-29)16-28-26(31)25-15-23(30)20-14-21(27)17(2)13-24(20)32-25/h7-10,13-15,22H,3-6,11-12,16H2,1-2H3,(H,28,31). The summed E-state index contributed by atoms with van der Waals surface area (Å²) in [5.41, 5.74) is 3.37. The van der Waals surface area contributed by atoms with Gasteiger partial charge in [0.15, 0.2) is 11.2 Å². The molecule has 1 N–H and O–H groups in total. The number of aryl methyl sites for hydroxylation is 2. The summed E-state index contributed by atoms with van der Waals surface area (Å²) in [4.78, 5) is 27.9. The highest BCUT2D eigenvalue weighted by Gasteiger charge is 2.24. The number of carbonyl (C=O) groups is 1. The van der Waals surface area contributed by atoms with Gasteiger partial charge in [0.2, 0.25) is 0 Å². The molecule has 0 bridgehead atoms. The molecule has 32 heavy (non-hydrogen) atoms. The summed E-state index contributed by atoms with van der Waals surface area (Å²) in [5.74, 6) is -0.369. The average Bonchev–Trinajstić information content (AvgIpc) is 2.81. The first-order valence-electron chi connectivity index (χ1n) is 11.3. The third kappa shape index (κ3) is 4.89.